The molecule has 13 heavy (non-hydrogen) atoms. The van der Waals surface area contributed by atoms with E-state index in [0.717, 1.165) is 24.3 Å². The number of halogens is 1. The first kappa shape index (κ1) is 8.38. The first-order valence-electron chi connectivity index (χ1n) is 4.12. The molecule has 0 spiro atoms. The van der Waals surface area contributed by atoms with Gasteiger partial charge in [-0.2, -0.15) is 0 Å². The smallest absolute Gasteiger partial charge is 0.101 e. The molecule has 1 heterocycles. The van der Waals surface area contributed by atoms with Crippen LogP contribution in [0.2, 0.25) is 5.02 Å². The van der Waals surface area contributed by atoms with Gasteiger partial charge in [0.25, 0.3) is 0 Å². The zero-order chi connectivity index (χ0) is 9.26. The maximum absolute atomic E-state index is 5.85. The van der Waals surface area contributed by atoms with Gasteiger partial charge in [-0.15, -0.1) is 0 Å². The van der Waals surface area contributed by atoms with Crippen molar-refractivity contribution in [1.82, 2.24) is 0 Å². The molecule has 0 atom stereocenters. The molecular formula is C9H10ClN3. The Bertz CT molecular complexity index is 360. The number of nitrogens with zero attached hydrogens (tertiary/aromatic N) is 1. The third-order valence-corrected chi connectivity index (χ3v) is 2.15. The second-order valence-corrected chi connectivity index (χ2v) is 3.38. The molecule has 3 N–H and O–H groups in total. The SMILES string of the molecule is NC1=Nc2ccc(Cl)cc2NCC1. The Balaban J connectivity index is 2.48. The Morgan fingerprint density at radius 1 is 1.46 bits per heavy atom. The van der Waals surface area contributed by atoms with E-state index in [1.165, 1.54) is 0 Å². The van der Waals surface area contributed by atoms with Crippen molar-refractivity contribution in [1.29, 1.82) is 0 Å². The van der Waals surface area contributed by atoms with E-state index in [9.17, 15) is 0 Å². The van der Waals surface area contributed by atoms with E-state index >= 15 is 0 Å². The van der Waals surface area contributed by atoms with Gasteiger partial charge >= 0.3 is 0 Å². The van der Waals surface area contributed by atoms with Crippen molar-refractivity contribution in [3.05, 3.63) is 23.2 Å². The lowest BCUT2D eigenvalue weighted by Crippen LogP contribution is -2.13. The van der Waals surface area contributed by atoms with Gasteiger partial charge in [0.1, 0.15) is 5.84 Å². The third kappa shape index (κ3) is 1.75. The molecule has 1 aliphatic rings. The summed E-state index contributed by atoms with van der Waals surface area (Å²) in [6.07, 6.45) is 0.770. The average Bonchev–Trinajstić information content (AvgIpc) is 2.25. The van der Waals surface area contributed by atoms with Gasteiger partial charge in [0.15, 0.2) is 0 Å². The lowest BCUT2D eigenvalue weighted by molar-refractivity contribution is 1.11. The van der Waals surface area contributed by atoms with Gasteiger partial charge in [-0.25, -0.2) is 4.99 Å². The van der Waals surface area contributed by atoms with Gasteiger partial charge in [-0.05, 0) is 18.2 Å². The average molecular weight is 196 g/mol. The van der Waals surface area contributed by atoms with Gasteiger partial charge in [-0.3, -0.25) is 0 Å². The highest BCUT2D eigenvalue weighted by Gasteiger charge is 2.06. The van der Waals surface area contributed by atoms with Gasteiger partial charge in [-0.1, -0.05) is 11.6 Å². The first-order valence-corrected chi connectivity index (χ1v) is 4.50. The van der Waals surface area contributed by atoms with Crippen molar-refractivity contribution in [2.24, 2.45) is 10.7 Å². The number of hydrogen-bond acceptors (Lipinski definition) is 3. The number of anilines is 1. The van der Waals surface area contributed by atoms with Crippen LogP contribution in [0.1, 0.15) is 6.42 Å². The second-order valence-electron chi connectivity index (χ2n) is 2.94. The Morgan fingerprint density at radius 3 is 3.15 bits per heavy atom. The summed E-state index contributed by atoms with van der Waals surface area (Å²) < 4.78 is 0. The zero-order valence-electron chi connectivity index (χ0n) is 7.05. The molecule has 1 aliphatic heterocycles. The Kier molecular flexibility index (Phi) is 2.10. The predicted octanol–water partition coefficient (Wildman–Crippen LogP) is 2.14. The Hall–Kier alpha value is -1.22. The first-order chi connectivity index (χ1) is 6.25. The topological polar surface area (TPSA) is 50.4 Å². The molecule has 0 aliphatic carbocycles. The van der Waals surface area contributed by atoms with Gasteiger partial charge in [0.05, 0.1) is 11.4 Å². The van der Waals surface area contributed by atoms with Crippen LogP contribution in [0.25, 0.3) is 0 Å². The molecule has 0 amide bonds. The lowest BCUT2D eigenvalue weighted by Gasteiger charge is -2.04. The zero-order valence-corrected chi connectivity index (χ0v) is 7.80. The molecular weight excluding hydrogens is 186 g/mol. The van der Waals surface area contributed by atoms with Crippen molar-refractivity contribution in [3.63, 3.8) is 0 Å². The summed E-state index contributed by atoms with van der Waals surface area (Å²) in [7, 11) is 0. The quantitative estimate of drug-likeness (QED) is 0.667. The Morgan fingerprint density at radius 2 is 2.31 bits per heavy atom. The fourth-order valence-electron chi connectivity index (χ4n) is 1.28. The molecule has 0 saturated carbocycles. The molecule has 0 aromatic heterocycles. The highest BCUT2D eigenvalue weighted by Crippen LogP contribution is 2.29. The van der Waals surface area contributed by atoms with Crippen LogP contribution in [0.5, 0.6) is 0 Å². The molecule has 0 saturated heterocycles. The molecule has 0 unspecified atom stereocenters. The largest absolute Gasteiger partial charge is 0.387 e. The van der Waals surface area contributed by atoms with E-state index in [2.05, 4.69) is 10.3 Å². The van der Waals surface area contributed by atoms with E-state index in [1.807, 2.05) is 18.2 Å². The number of amidine groups is 1. The van der Waals surface area contributed by atoms with Crippen molar-refractivity contribution in [2.45, 2.75) is 6.42 Å². The fourth-order valence-corrected chi connectivity index (χ4v) is 1.46. The van der Waals surface area contributed by atoms with E-state index < -0.39 is 0 Å². The number of hydrogen-bond donors (Lipinski definition) is 2. The number of aliphatic imine (C=N–C) groups is 1. The van der Waals surface area contributed by atoms with Gasteiger partial charge < -0.3 is 11.1 Å². The highest BCUT2D eigenvalue weighted by molar-refractivity contribution is 6.31. The third-order valence-electron chi connectivity index (χ3n) is 1.92. The minimum Gasteiger partial charge on any atom is -0.387 e. The summed E-state index contributed by atoms with van der Waals surface area (Å²) in [4.78, 5) is 4.25. The summed E-state index contributed by atoms with van der Waals surface area (Å²) in [6, 6.07) is 5.53. The maximum atomic E-state index is 5.85. The molecule has 4 heteroatoms. The van der Waals surface area contributed by atoms with Gasteiger partial charge in [0.2, 0.25) is 0 Å². The number of rotatable bonds is 0. The summed E-state index contributed by atoms with van der Waals surface area (Å²) >= 11 is 5.85. The molecule has 0 bridgehead atoms. The van der Waals surface area contributed by atoms with Crippen molar-refractivity contribution in [3.8, 4) is 0 Å². The number of benzene rings is 1. The molecule has 3 nitrogen and oxygen atoms in total. The molecule has 1 aromatic rings. The monoisotopic (exact) mass is 195 g/mol. The van der Waals surface area contributed by atoms with Crippen molar-refractivity contribution in [2.75, 3.05) is 11.9 Å². The lowest BCUT2D eigenvalue weighted by atomic mass is 10.3. The van der Waals surface area contributed by atoms with Crippen LogP contribution in [0.15, 0.2) is 23.2 Å². The fraction of sp³-hybridized carbons (Fsp3) is 0.222. The van der Waals surface area contributed by atoms with Crippen LogP contribution in [-0.4, -0.2) is 12.4 Å². The van der Waals surface area contributed by atoms with Crippen LogP contribution in [0.3, 0.4) is 0 Å². The standard InChI is InChI=1S/C9H10ClN3/c10-6-1-2-7-8(5-6)12-4-3-9(11)13-7/h1-2,5,12H,3-4H2,(H2,11,13). The van der Waals surface area contributed by atoms with Crippen LogP contribution < -0.4 is 11.1 Å². The van der Waals surface area contributed by atoms with Crippen molar-refractivity contribution >= 4 is 28.8 Å². The minimum atomic E-state index is 0.661. The normalized spacial score (nSPS) is 15.3. The highest BCUT2D eigenvalue weighted by atomic mass is 35.5. The van der Waals surface area contributed by atoms with Crippen LogP contribution >= 0.6 is 11.6 Å². The van der Waals surface area contributed by atoms with E-state index in [4.69, 9.17) is 17.3 Å². The van der Waals surface area contributed by atoms with E-state index in [0.29, 0.717) is 10.9 Å². The van der Waals surface area contributed by atoms with Crippen molar-refractivity contribution < 1.29 is 0 Å². The van der Waals surface area contributed by atoms with Crippen LogP contribution in [0.4, 0.5) is 11.4 Å². The molecule has 68 valence electrons. The maximum Gasteiger partial charge on any atom is 0.101 e. The summed E-state index contributed by atoms with van der Waals surface area (Å²) in [5, 5.41) is 3.93. The number of nitrogens with two attached hydrogens (primary N) is 1. The van der Waals surface area contributed by atoms with E-state index in [-0.39, 0.29) is 0 Å². The van der Waals surface area contributed by atoms with E-state index in [1.54, 1.807) is 0 Å². The molecule has 2 rings (SSSR count). The van der Waals surface area contributed by atoms with Crippen LogP contribution in [0, 0.1) is 0 Å². The van der Waals surface area contributed by atoms with Crippen LogP contribution in [-0.2, 0) is 0 Å². The van der Waals surface area contributed by atoms with Gasteiger partial charge in [0, 0.05) is 18.0 Å². The number of fused-ring (bicyclic) bond motifs is 1. The number of nitrogens with one attached hydrogen (secondary N) is 1. The summed E-state index contributed by atoms with van der Waals surface area (Å²) in [6.45, 7) is 0.808. The molecule has 0 fully saturated rings. The summed E-state index contributed by atoms with van der Waals surface area (Å²) in [5.74, 6) is 0.661. The molecule has 0 radical (unpaired) electrons. The Labute approximate surface area is 81.6 Å². The predicted molar refractivity (Wildman–Crippen MR) is 55.8 cm³/mol. The molecule has 1 aromatic carbocycles. The summed E-state index contributed by atoms with van der Waals surface area (Å²) in [5.41, 5.74) is 7.48. The second kappa shape index (κ2) is 3.26. The minimum absolute atomic E-state index is 0.661.